The Balaban J connectivity index is 0.00000264. The summed E-state index contributed by atoms with van der Waals surface area (Å²) in [5.74, 6) is 2.25. The van der Waals surface area contributed by atoms with Crippen LogP contribution in [-0.4, -0.2) is 40.3 Å². The van der Waals surface area contributed by atoms with Gasteiger partial charge in [-0.25, -0.2) is 0 Å². The molecule has 1 aliphatic rings. The van der Waals surface area contributed by atoms with Crippen LogP contribution < -0.4 is 24.8 Å². The minimum Gasteiger partial charge on any atom is -0.493 e. The van der Waals surface area contributed by atoms with Crippen LogP contribution >= 0.6 is 12.4 Å². The van der Waals surface area contributed by atoms with Gasteiger partial charge in [0.1, 0.15) is 0 Å². The first-order valence-electron chi connectivity index (χ1n) is 7.44. The van der Waals surface area contributed by atoms with Crippen LogP contribution in [0.1, 0.15) is 18.4 Å². The molecular weight excluding hydrogens is 320 g/mol. The predicted octanol–water partition coefficient (Wildman–Crippen LogP) is 1.75. The highest BCUT2D eigenvalue weighted by atomic mass is 35.5. The van der Waals surface area contributed by atoms with Crippen molar-refractivity contribution in [3.63, 3.8) is 0 Å². The summed E-state index contributed by atoms with van der Waals surface area (Å²) < 4.78 is 15.9. The van der Waals surface area contributed by atoms with Crippen molar-refractivity contribution in [1.29, 1.82) is 0 Å². The molecule has 130 valence electrons. The van der Waals surface area contributed by atoms with E-state index in [-0.39, 0.29) is 18.3 Å². The van der Waals surface area contributed by atoms with Crippen molar-refractivity contribution in [2.75, 3.05) is 34.4 Å². The quantitative estimate of drug-likeness (QED) is 0.788. The Morgan fingerprint density at radius 1 is 1.22 bits per heavy atom. The van der Waals surface area contributed by atoms with Gasteiger partial charge in [-0.05, 0) is 43.1 Å². The fraction of sp³-hybridized carbons (Fsp3) is 0.562. The van der Waals surface area contributed by atoms with E-state index in [0.29, 0.717) is 36.1 Å². The summed E-state index contributed by atoms with van der Waals surface area (Å²) in [6.45, 7) is 2.37. The maximum Gasteiger partial charge on any atom is 0.220 e. The van der Waals surface area contributed by atoms with Crippen molar-refractivity contribution >= 4 is 18.3 Å². The van der Waals surface area contributed by atoms with Crippen LogP contribution in [0.25, 0.3) is 0 Å². The molecule has 0 bridgehead atoms. The van der Waals surface area contributed by atoms with Crippen LogP contribution in [0.2, 0.25) is 0 Å². The molecule has 0 spiro atoms. The monoisotopic (exact) mass is 344 g/mol. The van der Waals surface area contributed by atoms with Gasteiger partial charge in [0.2, 0.25) is 11.7 Å². The summed E-state index contributed by atoms with van der Waals surface area (Å²) in [5, 5.41) is 6.21. The van der Waals surface area contributed by atoms with Gasteiger partial charge in [0.15, 0.2) is 11.5 Å². The molecule has 23 heavy (non-hydrogen) atoms. The smallest absolute Gasteiger partial charge is 0.220 e. The molecule has 1 atom stereocenters. The molecule has 1 aromatic rings. The predicted molar refractivity (Wildman–Crippen MR) is 90.8 cm³/mol. The van der Waals surface area contributed by atoms with Crippen LogP contribution in [0.4, 0.5) is 0 Å². The lowest BCUT2D eigenvalue weighted by atomic mass is 10.0. The van der Waals surface area contributed by atoms with Gasteiger partial charge in [-0.2, -0.15) is 0 Å². The van der Waals surface area contributed by atoms with Crippen LogP contribution in [0.5, 0.6) is 17.2 Å². The molecule has 1 saturated heterocycles. The largest absolute Gasteiger partial charge is 0.493 e. The Bertz CT molecular complexity index is 494. The zero-order valence-electron chi connectivity index (χ0n) is 13.8. The standard InChI is InChI=1S/C16H24N2O4.ClH/c1-20-13-6-12(7-14(21-2)16(13)22-3)10-18-15(19)8-11-4-5-17-9-11;/h6-7,11,17H,4-5,8-10H2,1-3H3,(H,18,19);1H. The summed E-state index contributed by atoms with van der Waals surface area (Å²) in [5.41, 5.74) is 0.910. The normalized spacial score (nSPS) is 16.4. The van der Waals surface area contributed by atoms with Crippen LogP contribution in [-0.2, 0) is 11.3 Å². The van der Waals surface area contributed by atoms with E-state index in [2.05, 4.69) is 10.6 Å². The second-order valence-electron chi connectivity index (χ2n) is 5.37. The zero-order chi connectivity index (χ0) is 15.9. The van der Waals surface area contributed by atoms with E-state index in [1.54, 1.807) is 21.3 Å². The molecule has 6 nitrogen and oxygen atoms in total. The number of nitrogens with one attached hydrogen (secondary N) is 2. The summed E-state index contributed by atoms with van der Waals surface area (Å²) in [6.07, 6.45) is 1.63. The fourth-order valence-corrected chi connectivity index (χ4v) is 2.66. The second kappa shape index (κ2) is 9.47. The molecule has 1 aromatic carbocycles. The number of ether oxygens (including phenoxy) is 3. The Morgan fingerprint density at radius 3 is 2.35 bits per heavy atom. The molecule has 1 unspecified atom stereocenters. The Hall–Kier alpha value is -1.66. The third-order valence-electron chi connectivity index (χ3n) is 3.85. The summed E-state index contributed by atoms with van der Waals surface area (Å²) in [4.78, 5) is 12.0. The lowest BCUT2D eigenvalue weighted by Crippen LogP contribution is -2.25. The van der Waals surface area contributed by atoms with E-state index >= 15 is 0 Å². The molecule has 0 saturated carbocycles. The zero-order valence-corrected chi connectivity index (χ0v) is 14.6. The summed E-state index contributed by atoms with van der Waals surface area (Å²) in [7, 11) is 4.72. The molecule has 1 amide bonds. The second-order valence-corrected chi connectivity index (χ2v) is 5.37. The number of hydrogen-bond donors (Lipinski definition) is 2. The minimum absolute atomic E-state index is 0. The maximum atomic E-state index is 12.0. The highest BCUT2D eigenvalue weighted by Gasteiger charge is 2.18. The third-order valence-corrected chi connectivity index (χ3v) is 3.85. The number of methoxy groups -OCH3 is 3. The molecule has 1 aliphatic heterocycles. The summed E-state index contributed by atoms with van der Waals surface area (Å²) >= 11 is 0. The van der Waals surface area contributed by atoms with Gasteiger partial charge in [0.25, 0.3) is 0 Å². The molecule has 1 heterocycles. The van der Waals surface area contributed by atoms with E-state index in [9.17, 15) is 4.79 Å². The van der Waals surface area contributed by atoms with Crippen LogP contribution in [0, 0.1) is 5.92 Å². The van der Waals surface area contributed by atoms with Gasteiger partial charge >= 0.3 is 0 Å². The maximum absolute atomic E-state index is 12.0. The highest BCUT2D eigenvalue weighted by Crippen LogP contribution is 2.38. The molecule has 0 aliphatic carbocycles. The number of hydrogen-bond acceptors (Lipinski definition) is 5. The molecular formula is C16H25ClN2O4. The van der Waals surface area contributed by atoms with E-state index in [1.807, 2.05) is 12.1 Å². The number of halogens is 1. The topological polar surface area (TPSA) is 68.8 Å². The van der Waals surface area contributed by atoms with E-state index in [1.165, 1.54) is 0 Å². The van der Waals surface area contributed by atoms with Crippen LogP contribution in [0.3, 0.4) is 0 Å². The lowest BCUT2D eigenvalue weighted by molar-refractivity contribution is -0.122. The number of carbonyl (C=O) groups excluding carboxylic acids is 1. The van der Waals surface area contributed by atoms with E-state index in [4.69, 9.17) is 14.2 Å². The van der Waals surface area contributed by atoms with E-state index in [0.717, 1.165) is 25.1 Å². The minimum atomic E-state index is 0. The Morgan fingerprint density at radius 2 is 1.87 bits per heavy atom. The van der Waals surface area contributed by atoms with Crippen molar-refractivity contribution in [2.24, 2.45) is 5.92 Å². The Kier molecular flexibility index (Phi) is 7.98. The average molecular weight is 345 g/mol. The number of benzene rings is 1. The molecule has 0 aromatic heterocycles. The van der Waals surface area contributed by atoms with Crippen molar-refractivity contribution in [3.05, 3.63) is 17.7 Å². The van der Waals surface area contributed by atoms with E-state index < -0.39 is 0 Å². The van der Waals surface area contributed by atoms with Crippen molar-refractivity contribution in [3.8, 4) is 17.2 Å². The van der Waals surface area contributed by atoms with Gasteiger partial charge in [0, 0.05) is 13.0 Å². The first kappa shape index (κ1) is 19.4. The molecule has 2 rings (SSSR count). The summed E-state index contributed by atoms with van der Waals surface area (Å²) in [6, 6.07) is 3.69. The number of carbonyl (C=O) groups is 1. The van der Waals surface area contributed by atoms with Gasteiger partial charge in [-0.3, -0.25) is 4.79 Å². The lowest BCUT2D eigenvalue weighted by Gasteiger charge is -2.15. The van der Waals surface area contributed by atoms with Crippen molar-refractivity contribution in [1.82, 2.24) is 10.6 Å². The van der Waals surface area contributed by atoms with Gasteiger partial charge in [-0.15, -0.1) is 12.4 Å². The van der Waals surface area contributed by atoms with Gasteiger partial charge < -0.3 is 24.8 Å². The molecule has 2 N–H and O–H groups in total. The van der Waals surface area contributed by atoms with Crippen LogP contribution in [0.15, 0.2) is 12.1 Å². The SMILES string of the molecule is COc1cc(CNC(=O)CC2CCNC2)cc(OC)c1OC.Cl. The average Bonchev–Trinajstić information content (AvgIpc) is 3.04. The molecule has 1 fully saturated rings. The third kappa shape index (κ3) is 5.18. The number of rotatable bonds is 7. The number of amides is 1. The van der Waals surface area contributed by atoms with Gasteiger partial charge in [-0.1, -0.05) is 0 Å². The Labute approximate surface area is 143 Å². The highest BCUT2D eigenvalue weighted by molar-refractivity contribution is 5.85. The van der Waals surface area contributed by atoms with Gasteiger partial charge in [0.05, 0.1) is 21.3 Å². The first-order chi connectivity index (χ1) is 10.7. The first-order valence-corrected chi connectivity index (χ1v) is 7.44. The van der Waals surface area contributed by atoms with Crippen molar-refractivity contribution in [2.45, 2.75) is 19.4 Å². The molecule has 0 radical (unpaired) electrons. The fourth-order valence-electron chi connectivity index (χ4n) is 2.66. The molecule has 7 heteroatoms. The van der Waals surface area contributed by atoms with Crippen molar-refractivity contribution < 1.29 is 19.0 Å².